The van der Waals surface area contributed by atoms with Gasteiger partial charge in [0, 0.05) is 26.5 Å². The van der Waals surface area contributed by atoms with E-state index in [-0.39, 0.29) is 9.92 Å². The summed E-state index contributed by atoms with van der Waals surface area (Å²) < 4.78 is 27.2. The lowest BCUT2D eigenvalue weighted by Gasteiger charge is -2.18. The second-order valence-electron chi connectivity index (χ2n) is 4.32. The average Bonchev–Trinajstić information content (AvgIpc) is 2.39. The monoisotopic (exact) mass is 311 g/mol. The summed E-state index contributed by atoms with van der Waals surface area (Å²) in [6, 6.07) is 8.55. The fourth-order valence-electron chi connectivity index (χ4n) is 1.71. The molecule has 1 heterocycles. The molecular weight excluding hydrogens is 298 g/mol. The lowest BCUT2D eigenvalue weighted by atomic mass is 10.2. The first-order chi connectivity index (χ1) is 9.42. The van der Waals surface area contributed by atoms with Crippen LogP contribution in [0.15, 0.2) is 47.6 Å². The van der Waals surface area contributed by atoms with Crippen molar-refractivity contribution in [2.45, 2.75) is 4.90 Å². The number of hydrogen-bond donors (Lipinski definition) is 1. The molecular formula is C13H14ClN3O2S. The van der Waals surface area contributed by atoms with Gasteiger partial charge in [0.1, 0.15) is 4.90 Å². The topological polar surface area (TPSA) is 62.3 Å². The Morgan fingerprint density at radius 2 is 1.90 bits per heavy atom. The molecule has 2 aromatic rings. The van der Waals surface area contributed by atoms with Crippen LogP contribution in [0.5, 0.6) is 0 Å². The first-order valence-corrected chi connectivity index (χ1v) is 7.66. The molecule has 20 heavy (non-hydrogen) atoms. The molecule has 1 aromatic heterocycles. The largest absolute Gasteiger partial charge is 0.376 e. The molecule has 0 amide bonds. The van der Waals surface area contributed by atoms with Crippen LogP contribution in [0.4, 0.5) is 11.4 Å². The van der Waals surface area contributed by atoms with Crippen LogP contribution in [-0.4, -0.2) is 27.5 Å². The van der Waals surface area contributed by atoms with Gasteiger partial charge in [0.05, 0.1) is 16.4 Å². The zero-order chi connectivity index (χ0) is 14.8. The van der Waals surface area contributed by atoms with Crippen molar-refractivity contribution in [2.75, 3.05) is 23.7 Å². The van der Waals surface area contributed by atoms with Crippen molar-refractivity contribution >= 4 is 33.0 Å². The Morgan fingerprint density at radius 3 is 2.55 bits per heavy atom. The summed E-state index contributed by atoms with van der Waals surface area (Å²) in [5.41, 5.74) is 1.24. The summed E-state index contributed by atoms with van der Waals surface area (Å²) in [4.78, 5) is 5.57. The first kappa shape index (κ1) is 14.6. The molecule has 0 atom stereocenters. The van der Waals surface area contributed by atoms with Crippen molar-refractivity contribution in [3.63, 3.8) is 0 Å². The van der Waals surface area contributed by atoms with Gasteiger partial charge >= 0.3 is 0 Å². The molecule has 0 unspecified atom stereocenters. The lowest BCUT2D eigenvalue weighted by molar-refractivity contribution is 0.601. The molecule has 0 spiro atoms. The number of sulfonamides is 1. The molecule has 0 bridgehead atoms. The summed E-state index contributed by atoms with van der Waals surface area (Å²) in [6.45, 7) is 0. The van der Waals surface area contributed by atoms with E-state index in [4.69, 9.17) is 11.6 Å². The summed E-state index contributed by atoms with van der Waals surface area (Å²) in [6.07, 6.45) is 2.66. The number of hydrogen-bond acceptors (Lipinski definition) is 4. The van der Waals surface area contributed by atoms with E-state index < -0.39 is 10.0 Å². The Labute approximate surface area is 123 Å². The molecule has 0 aliphatic rings. The Hall–Kier alpha value is -1.79. The summed E-state index contributed by atoms with van der Waals surface area (Å²) in [5.74, 6) is 0. The number of anilines is 2. The van der Waals surface area contributed by atoms with Crippen molar-refractivity contribution in [3.8, 4) is 0 Å². The number of pyridine rings is 1. The molecule has 0 radical (unpaired) electrons. The quantitative estimate of drug-likeness (QED) is 0.942. The first-order valence-electron chi connectivity index (χ1n) is 5.80. The summed E-state index contributed by atoms with van der Waals surface area (Å²) in [7, 11) is -0.0962. The van der Waals surface area contributed by atoms with Crippen LogP contribution in [0.25, 0.3) is 0 Å². The van der Waals surface area contributed by atoms with Crippen molar-refractivity contribution in [2.24, 2.45) is 0 Å². The average molecular weight is 312 g/mol. The molecule has 0 saturated heterocycles. The van der Waals surface area contributed by atoms with Crippen LogP contribution in [0, 0.1) is 0 Å². The van der Waals surface area contributed by atoms with Crippen LogP contribution in [0.1, 0.15) is 0 Å². The maximum atomic E-state index is 12.3. The van der Waals surface area contributed by atoms with Gasteiger partial charge < -0.3 is 4.90 Å². The Bertz CT molecular complexity index is 717. The highest BCUT2D eigenvalue weighted by atomic mass is 35.5. The van der Waals surface area contributed by atoms with Crippen LogP contribution in [0.2, 0.25) is 5.02 Å². The minimum absolute atomic E-state index is 0.0461. The van der Waals surface area contributed by atoms with Crippen LogP contribution < -0.4 is 9.62 Å². The van der Waals surface area contributed by atoms with E-state index in [2.05, 4.69) is 9.71 Å². The van der Waals surface area contributed by atoms with Crippen LogP contribution in [0.3, 0.4) is 0 Å². The molecule has 0 saturated carbocycles. The lowest BCUT2D eigenvalue weighted by Crippen LogP contribution is -2.17. The highest BCUT2D eigenvalue weighted by Gasteiger charge is 2.19. The third-order valence-electron chi connectivity index (χ3n) is 2.65. The Morgan fingerprint density at radius 1 is 1.20 bits per heavy atom. The van der Waals surface area contributed by atoms with E-state index in [0.29, 0.717) is 5.69 Å². The fraction of sp³-hybridized carbons (Fsp3) is 0.154. The van der Waals surface area contributed by atoms with Gasteiger partial charge in [0.2, 0.25) is 0 Å². The Balaban J connectivity index is 2.42. The molecule has 1 aromatic carbocycles. The normalized spacial score (nSPS) is 11.2. The van der Waals surface area contributed by atoms with E-state index in [1.807, 2.05) is 31.1 Å². The molecule has 0 aliphatic heterocycles. The van der Waals surface area contributed by atoms with Crippen molar-refractivity contribution in [1.82, 2.24) is 4.98 Å². The minimum Gasteiger partial charge on any atom is -0.376 e. The van der Waals surface area contributed by atoms with Gasteiger partial charge in [-0.3, -0.25) is 9.71 Å². The molecule has 0 fully saturated rings. The molecule has 7 heteroatoms. The third-order valence-corrected chi connectivity index (χ3v) is 4.49. The number of rotatable bonds is 4. The van der Waals surface area contributed by atoms with E-state index in [1.165, 1.54) is 18.5 Å². The predicted octanol–water partition coefficient (Wildman–Crippen LogP) is 2.60. The zero-order valence-electron chi connectivity index (χ0n) is 11.0. The van der Waals surface area contributed by atoms with Gasteiger partial charge in [-0.1, -0.05) is 23.7 Å². The zero-order valence-corrected chi connectivity index (χ0v) is 12.6. The number of nitrogens with zero attached hydrogens (tertiary/aromatic N) is 2. The highest BCUT2D eigenvalue weighted by molar-refractivity contribution is 7.92. The van der Waals surface area contributed by atoms with Crippen molar-refractivity contribution < 1.29 is 8.42 Å². The molecule has 2 rings (SSSR count). The third kappa shape index (κ3) is 3.02. The Kier molecular flexibility index (Phi) is 4.15. The number of aromatic nitrogens is 1. The van der Waals surface area contributed by atoms with Gasteiger partial charge in [-0.25, -0.2) is 8.42 Å². The van der Waals surface area contributed by atoms with Crippen molar-refractivity contribution in [3.05, 3.63) is 47.7 Å². The van der Waals surface area contributed by atoms with Gasteiger partial charge in [-0.05, 0) is 18.2 Å². The van der Waals surface area contributed by atoms with Gasteiger partial charge in [-0.15, -0.1) is 0 Å². The minimum atomic E-state index is -3.77. The summed E-state index contributed by atoms with van der Waals surface area (Å²) in [5, 5.41) is 0.134. The van der Waals surface area contributed by atoms with E-state index in [9.17, 15) is 8.42 Å². The molecule has 0 aliphatic carbocycles. The van der Waals surface area contributed by atoms with Crippen LogP contribution >= 0.6 is 11.6 Å². The smallest absolute Gasteiger partial charge is 0.264 e. The summed E-state index contributed by atoms with van der Waals surface area (Å²) >= 11 is 5.91. The number of benzene rings is 1. The maximum absolute atomic E-state index is 12.3. The molecule has 1 N–H and O–H groups in total. The maximum Gasteiger partial charge on any atom is 0.264 e. The number of para-hydroxylation sites is 2. The number of nitrogens with one attached hydrogen (secondary N) is 1. The molecule has 106 valence electrons. The van der Waals surface area contributed by atoms with E-state index >= 15 is 0 Å². The standard InChI is InChI=1S/C13H14ClN3O2S/c1-17(2)12-6-4-3-5-11(12)16-20(18,19)13-9-15-8-7-10(13)14/h3-9,16H,1-2H3. The highest BCUT2D eigenvalue weighted by Crippen LogP contribution is 2.28. The van der Waals surface area contributed by atoms with Crippen LogP contribution in [-0.2, 0) is 10.0 Å². The van der Waals surface area contributed by atoms with Gasteiger partial charge in [-0.2, -0.15) is 0 Å². The van der Waals surface area contributed by atoms with E-state index in [0.717, 1.165) is 5.69 Å². The van der Waals surface area contributed by atoms with E-state index in [1.54, 1.807) is 12.1 Å². The second kappa shape index (κ2) is 5.68. The number of halogens is 1. The second-order valence-corrected chi connectivity index (χ2v) is 6.38. The molecule has 5 nitrogen and oxygen atoms in total. The fourth-order valence-corrected chi connectivity index (χ4v) is 3.22. The van der Waals surface area contributed by atoms with Crippen molar-refractivity contribution in [1.29, 1.82) is 0 Å². The SMILES string of the molecule is CN(C)c1ccccc1NS(=O)(=O)c1cnccc1Cl. The predicted molar refractivity (Wildman–Crippen MR) is 80.8 cm³/mol. The van der Waals surface area contributed by atoms with Gasteiger partial charge in [0.15, 0.2) is 0 Å². The van der Waals surface area contributed by atoms with Gasteiger partial charge in [0.25, 0.3) is 10.0 Å².